The predicted octanol–water partition coefficient (Wildman–Crippen LogP) is 4.05. The van der Waals surface area contributed by atoms with Crippen molar-refractivity contribution in [2.24, 2.45) is 5.92 Å². The zero-order valence-electron chi connectivity index (χ0n) is 17.5. The highest BCUT2D eigenvalue weighted by Gasteiger charge is 2.29. The summed E-state index contributed by atoms with van der Waals surface area (Å²) in [6, 6.07) is 19.1. The molecule has 2 amide bonds. The average Bonchev–Trinajstić information content (AvgIpc) is 3.38. The molecule has 1 unspecified atom stereocenters. The van der Waals surface area contributed by atoms with Gasteiger partial charge in [-0.3, -0.25) is 9.59 Å². The minimum Gasteiger partial charge on any atom is -0.497 e. The Morgan fingerprint density at radius 1 is 1.00 bits per heavy atom. The lowest BCUT2D eigenvalue weighted by atomic mass is 9.93. The van der Waals surface area contributed by atoms with E-state index in [9.17, 15) is 9.59 Å². The molecule has 0 radical (unpaired) electrons. The van der Waals surface area contributed by atoms with E-state index in [0.717, 1.165) is 16.9 Å². The van der Waals surface area contributed by atoms with Gasteiger partial charge in [-0.1, -0.05) is 42.5 Å². The van der Waals surface area contributed by atoms with Crippen LogP contribution in [0.5, 0.6) is 5.75 Å². The molecule has 1 aliphatic heterocycles. The molecule has 0 saturated carbocycles. The first kappa shape index (κ1) is 20.7. The lowest BCUT2D eigenvalue weighted by Gasteiger charge is -2.32. The molecule has 1 N–H and O–H groups in total. The second-order valence-corrected chi connectivity index (χ2v) is 7.70. The third kappa shape index (κ3) is 4.79. The molecule has 1 atom stereocenters. The van der Waals surface area contributed by atoms with Crippen molar-refractivity contribution < 1.29 is 18.7 Å². The van der Waals surface area contributed by atoms with Gasteiger partial charge in [0.15, 0.2) is 0 Å². The number of hydrogen-bond acceptors (Lipinski definition) is 4. The van der Waals surface area contributed by atoms with Crippen LogP contribution < -0.4 is 10.1 Å². The Bertz CT molecular complexity index is 992. The van der Waals surface area contributed by atoms with Gasteiger partial charge in [0.05, 0.1) is 25.0 Å². The Hall–Kier alpha value is -3.54. The molecule has 0 bridgehead atoms. The van der Waals surface area contributed by atoms with E-state index in [4.69, 9.17) is 9.15 Å². The number of hydrogen-bond donors (Lipinski definition) is 1. The van der Waals surface area contributed by atoms with Gasteiger partial charge >= 0.3 is 0 Å². The molecule has 1 aliphatic rings. The van der Waals surface area contributed by atoms with Gasteiger partial charge in [0.2, 0.25) is 5.91 Å². The van der Waals surface area contributed by atoms with E-state index >= 15 is 0 Å². The maximum Gasteiger partial charge on any atom is 0.257 e. The van der Waals surface area contributed by atoms with E-state index in [0.29, 0.717) is 31.5 Å². The largest absolute Gasteiger partial charge is 0.497 e. The van der Waals surface area contributed by atoms with Crippen molar-refractivity contribution >= 4 is 11.8 Å². The Morgan fingerprint density at radius 2 is 1.68 bits per heavy atom. The van der Waals surface area contributed by atoms with E-state index in [1.165, 1.54) is 12.5 Å². The number of carbonyl (C=O) groups is 2. The number of rotatable bonds is 6. The second-order valence-electron chi connectivity index (χ2n) is 7.70. The van der Waals surface area contributed by atoms with Crippen LogP contribution in [0.2, 0.25) is 0 Å². The lowest BCUT2D eigenvalue weighted by molar-refractivity contribution is -0.126. The van der Waals surface area contributed by atoms with Gasteiger partial charge in [0.25, 0.3) is 5.91 Å². The Labute approximate surface area is 181 Å². The van der Waals surface area contributed by atoms with Crippen LogP contribution in [0.1, 0.15) is 40.4 Å². The van der Waals surface area contributed by atoms with Gasteiger partial charge < -0.3 is 19.4 Å². The molecular formula is C25H26N2O4. The van der Waals surface area contributed by atoms with E-state index in [1.807, 2.05) is 54.6 Å². The fourth-order valence-corrected chi connectivity index (χ4v) is 3.97. The monoisotopic (exact) mass is 418 g/mol. The molecule has 160 valence electrons. The molecule has 0 spiro atoms. The number of furan rings is 1. The highest BCUT2D eigenvalue weighted by Crippen LogP contribution is 2.26. The summed E-state index contributed by atoms with van der Waals surface area (Å²) in [6.07, 6.45) is 4.23. The minimum absolute atomic E-state index is 0.0140. The highest BCUT2D eigenvalue weighted by atomic mass is 16.5. The normalized spacial score (nSPS) is 15.3. The predicted molar refractivity (Wildman–Crippen MR) is 117 cm³/mol. The van der Waals surface area contributed by atoms with Crippen molar-refractivity contribution in [1.82, 2.24) is 10.2 Å². The summed E-state index contributed by atoms with van der Waals surface area (Å²) in [4.78, 5) is 27.4. The molecule has 6 heteroatoms. The number of nitrogens with one attached hydrogen (secondary N) is 1. The maximum atomic E-state index is 13.1. The van der Waals surface area contributed by atoms with Crippen molar-refractivity contribution in [3.8, 4) is 5.75 Å². The van der Waals surface area contributed by atoms with Crippen LogP contribution in [-0.2, 0) is 4.79 Å². The first-order valence-electron chi connectivity index (χ1n) is 10.5. The minimum atomic E-state index is -0.245. The third-order valence-corrected chi connectivity index (χ3v) is 5.79. The van der Waals surface area contributed by atoms with Crippen molar-refractivity contribution in [3.63, 3.8) is 0 Å². The molecule has 2 heterocycles. The molecule has 3 aromatic rings. The van der Waals surface area contributed by atoms with Crippen LogP contribution in [0.25, 0.3) is 0 Å². The van der Waals surface area contributed by atoms with Crippen molar-refractivity contribution in [2.75, 3.05) is 20.2 Å². The number of ether oxygens (including phenoxy) is 1. The molecule has 1 saturated heterocycles. The number of piperidine rings is 1. The van der Waals surface area contributed by atoms with Gasteiger partial charge in [-0.15, -0.1) is 0 Å². The molecule has 1 fully saturated rings. The SMILES string of the molecule is COc1ccc(C(NC(=O)C2CCN(C(=O)c3ccoc3)CC2)c2ccccc2)cc1. The number of likely N-dealkylation sites (tertiary alicyclic amines) is 1. The third-order valence-electron chi connectivity index (χ3n) is 5.79. The van der Waals surface area contributed by atoms with Crippen molar-refractivity contribution in [3.05, 3.63) is 89.9 Å². The average molecular weight is 418 g/mol. The van der Waals surface area contributed by atoms with Gasteiger partial charge in [0.1, 0.15) is 12.0 Å². The topological polar surface area (TPSA) is 71.8 Å². The zero-order chi connectivity index (χ0) is 21.6. The summed E-state index contributed by atoms with van der Waals surface area (Å²) in [7, 11) is 1.63. The van der Waals surface area contributed by atoms with Crippen LogP contribution in [0.3, 0.4) is 0 Å². The van der Waals surface area contributed by atoms with E-state index < -0.39 is 0 Å². The first-order chi connectivity index (χ1) is 15.2. The molecule has 2 aromatic carbocycles. The van der Waals surface area contributed by atoms with Crippen molar-refractivity contribution in [1.29, 1.82) is 0 Å². The molecule has 6 nitrogen and oxygen atoms in total. The van der Waals surface area contributed by atoms with Gasteiger partial charge in [-0.05, 0) is 42.2 Å². The maximum absolute atomic E-state index is 13.1. The number of carbonyl (C=O) groups excluding carboxylic acids is 2. The lowest BCUT2D eigenvalue weighted by Crippen LogP contribution is -2.43. The summed E-state index contributed by atoms with van der Waals surface area (Å²) < 4.78 is 10.3. The van der Waals surface area contributed by atoms with Crippen LogP contribution in [0, 0.1) is 5.92 Å². The van der Waals surface area contributed by atoms with Crippen LogP contribution in [-0.4, -0.2) is 36.9 Å². The van der Waals surface area contributed by atoms with Crippen LogP contribution in [0.4, 0.5) is 0 Å². The summed E-state index contributed by atoms with van der Waals surface area (Å²) in [5.74, 6) is 0.613. The quantitative estimate of drug-likeness (QED) is 0.656. The highest BCUT2D eigenvalue weighted by molar-refractivity contribution is 5.94. The zero-order valence-corrected chi connectivity index (χ0v) is 17.5. The second kappa shape index (κ2) is 9.51. The van der Waals surface area contributed by atoms with E-state index in [-0.39, 0.29) is 23.8 Å². The summed E-state index contributed by atoms with van der Waals surface area (Å²) in [5.41, 5.74) is 2.56. The fraction of sp³-hybridized carbons (Fsp3) is 0.280. The Balaban J connectivity index is 1.43. The van der Waals surface area contributed by atoms with Crippen molar-refractivity contribution in [2.45, 2.75) is 18.9 Å². The smallest absolute Gasteiger partial charge is 0.257 e. The van der Waals surface area contributed by atoms with E-state index in [2.05, 4.69) is 5.32 Å². The number of amides is 2. The molecule has 4 rings (SSSR count). The number of benzene rings is 2. The molecule has 31 heavy (non-hydrogen) atoms. The first-order valence-corrected chi connectivity index (χ1v) is 10.5. The fourth-order valence-electron chi connectivity index (χ4n) is 3.97. The number of methoxy groups -OCH3 is 1. The summed E-state index contributed by atoms with van der Waals surface area (Å²) in [6.45, 7) is 1.11. The Morgan fingerprint density at radius 3 is 2.29 bits per heavy atom. The summed E-state index contributed by atoms with van der Waals surface area (Å²) in [5, 5.41) is 3.23. The van der Waals surface area contributed by atoms with Crippen LogP contribution in [0.15, 0.2) is 77.6 Å². The summed E-state index contributed by atoms with van der Waals surface area (Å²) >= 11 is 0. The number of nitrogens with zero attached hydrogens (tertiary/aromatic N) is 1. The van der Waals surface area contributed by atoms with Gasteiger partial charge in [-0.25, -0.2) is 0 Å². The molecule has 1 aromatic heterocycles. The molecular weight excluding hydrogens is 392 g/mol. The van der Waals surface area contributed by atoms with Gasteiger partial charge in [0, 0.05) is 19.0 Å². The van der Waals surface area contributed by atoms with Gasteiger partial charge in [-0.2, -0.15) is 0 Å². The Kier molecular flexibility index (Phi) is 6.36. The van der Waals surface area contributed by atoms with Crippen LogP contribution >= 0.6 is 0 Å². The standard InChI is InChI=1S/C25H26N2O4/c1-30-22-9-7-19(8-10-22)23(18-5-3-2-4-6-18)26-24(28)20-11-14-27(15-12-20)25(29)21-13-16-31-17-21/h2-10,13,16-17,20,23H,11-12,14-15H2,1H3,(H,26,28). The molecule has 0 aliphatic carbocycles. The van der Waals surface area contributed by atoms with E-state index in [1.54, 1.807) is 18.1 Å².